The van der Waals surface area contributed by atoms with Gasteiger partial charge in [-0.05, 0) is 38.7 Å². The first kappa shape index (κ1) is 19.6. The molecule has 4 rings (SSSR count). The van der Waals surface area contributed by atoms with Crippen molar-refractivity contribution < 1.29 is 9.59 Å². The molecule has 0 bridgehead atoms. The van der Waals surface area contributed by atoms with E-state index in [-0.39, 0.29) is 17.7 Å². The molecule has 6 heteroatoms. The van der Waals surface area contributed by atoms with Crippen molar-refractivity contribution in [2.24, 2.45) is 0 Å². The van der Waals surface area contributed by atoms with Crippen LogP contribution in [-0.4, -0.2) is 46.3 Å². The molecule has 1 aromatic carbocycles. The molecular formula is C23H28N4O2. The summed E-state index contributed by atoms with van der Waals surface area (Å²) >= 11 is 0. The minimum Gasteiger partial charge on any atom is -0.342 e. The molecule has 1 saturated heterocycles. The smallest absolute Gasteiger partial charge is 0.228 e. The van der Waals surface area contributed by atoms with Gasteiger partial charge in [0.15, 0.2) is 0 Å². The molecule has 0 saturated carbocycles. The lowest BCUT2D eigenvalue weighted by molar-refractivity contribution is -0.127. The molecule has 1 atom stereocenters. The van der Waals surface area contributed by atoms with Gasteiger partial charge in [0.25, 0.3) is 0 Å². The Kier molecular flexibility index (Phi) is 5.35. The second kappa shape index (κ2) is 7.93. The van der Waals surface area contributed by atoms with E-state index < -0.39 is 0 Å². The van der Waals surface area contributed by atoms with Crippen LogP contribution in [0.25, 0.3) is 0 Å². The molecule has 29 heavy (non-hydrogen) atoms. The van der Waals surface area contributed by atoms with Gasteiger partial charge >= 0.3 is 0 Å². The van der Waals surface area contributed by atoms with Crippen molar-refractivity contribution in [3.8, 4) is 0 Å². The van der Waals surface area contributed by atoms with E-state index in [0.717, 1.165) is 42.3 Å². The number of anilines is 1. The van der Waals surface area contributed by atoms with E-state index in [1.54, 1.807) is 6.92 Å². The number of hydrogen-bond acceptors (Lipinski definition) is 4. The lowest BCUT2D eigenvalue weighted by Crippen LogP contribution is -2.38. The van der Waals surface area contributed by atoms with Crippen LogP contribution in [0.4, 0.5) is 5.82 Å². The topological polar surface area (TPSA) is 66.4 Å². The van der Waals surface area contributed by atoms with Gasteiger partial charge in [0, 0.05) is 50.2 Å². The number of aromatic nitrogens is 2. The summed E-state index contributed by atoms with van der Waals surface area (Å²) in [6, 6.07) is 8.41. The number of rotatable bonds is 4. The van der Waals surface area contributed by atoms with Crippen molar-refractivity contribution in [3.05, 3.63) is 52.5 Å². The Morgan fingerprint density at radius 2 is 2.03 bits per heavy atom. The van der Waals surface area contributed by atoms with Gasteiger partial charge in [-0.1, -0.05) is 29.8 Å². The standard InChI is InChI=1S/C23H28N4O2/c1-15-5-4-6-18(13-15)9-12-27-21(29)8-7-20-16(2)24-22(25-23(20)27)19-10-11-26(14-19)17(3)28/h4-6,13,19H,7-12,14H2,1-3H3. The van der Waals surface area contributed by atoms with Gasteiger partial charge in [0.05, 0.1) is 0 Å². The zero-order chi connectivity index (χ0) is 20.5. The maximum Gasteiger partial charge on any atom is 0.228 e. The Hall–Kier alpha value is -2.76. The van der Waals surface area contributed by atoms with Crippen LogP contribution in [0.15, 0.2) is 24.3 Å². The van der Waals surface area contributed by atoms with E-state index >= 15 is 0 Å². The number of benzene rings is 1. The van der Waals surface area contributed by atoms with E-state index in [0.29, 0.717) is 25.9 Å². The molecule has 2 aliphatic rings. The Labute approximate surface area is 172 Å². The fraction of sp³-hybridized carbons (Fsp3) is 0.478. The SMILES string of the molecule is CC(=O)N1CCC(c2nc(C)c3c(n2)N(CCc2cccc(C)c2)C(=O)CC3)C1. The van der Waals surface area contributed by atoms with Gasteiger partial charge in [-0.3, -0.25) is 14.5 Å². The van der Waals surface area contributed by atoms with Crippen LogP contribution in [0.5, 0.6) is 0 Å². The molecule has 0 spiro atoms. The van der Waals surface area contributed by atoms with E-state index in [4.69, 9.17) is 9.97 Å². The molecular weight excluding hydrogens is 364 g/mol. The molecule has 2 amide bonds. The number of fused-ring (bicyclic) bond motifs is 1. The Morgan fingerprint density at radius 1 is 1.21 bits per heavy atom. The largest absolute Gasteiger partial charge is 0.342 e. The zero-order valence-corrected chi connectivity index (χ0v) is 17.4. The molecule has 1 fully saturated rings. The van der Waals surface area contributed by atoms with Crippen LogP contribution in [0.1, 0.15) is 53.9 Å². The van der Waals surface area contributed by atoms with Crippen LogP contribution >= 0.6 is 0 Å². The third kappa shape index (κ3) is 4.02. The van der Waals surface area contributed by atoms with Crippen LogP contribution in [-0.2, 0) is 22.4 Å². The Balaban J connectivity index is 1.60. The molecule has 0 aliphatic carbocycles. The van der Waals surface area contributed by atoms with Gasteiger partial charge in [0.1, 0.15) is 11.6 Å². The molecule has 2 aliphatic heterocycles. The highest BCUT2D eigenvalue weighted by molar-refractivity contribution is 5.95. The second-order valence-corrected chi connectivity index (χ2v) is 8.20. The quantitative estimate of drug-likeness (QED) is 0.802. The van der Waals surface area contributed by atoms with Crippen molar-refractivity contribution in [1.82, 2.24) is 14.9 Å². The molecule has 1 unspecified atom stereocenters. The highest BCUT2D eigenvalue weighted by atomic mass is 16.2. The summed E-state index contributed by atoms with van der Waals surface area (Å²) in [6.07, 6.45) is 2.87. The Morgan fingerprint density at radius 3 is 2.76 bits per heavy atom. The maximum atomic E-state index is 12.7. The van der Waals surface area contributed by atoms with Gasteiger partial charge < -0.3 is 4.90 Å². The van der Waals surface area contributed by atoms with Crippen LogP contribution in [0.2, 0.25) is 0 Å². The number of nitrogens with zero attached hydrogens (tertiary/aromatic N) is 4. The first-order valence-corrected chi connectivity index (χ1v) is 10.4. The number of likely N-dealkylation sites (tertiary alicyclic amines) is 1. The van der Waals surface area contributed by atoms with E-state index in [1.807, 2.05) is 16.7 Å². The molecule has 6 nitrogen and oxygen atoms in total. The molecule has 2 aromatic rings. The van der Waals surface area contributed by atoms with Gasteiger partial charge in [-0.2, -0.15) is 0 Å². The summed E-state index contributed by atoms with van der Waals surface area (Å²) in [7, 11) is 0. The third-order valence-electron chi connectivity index (χ3n) is 6.06. The second-order valence-electron chi connectivity index (χ2n) is 8.20. The summed E-state index contributed by atoms with van der Waals surface area (Å²) in [5.41, 5.74) is 4.49. The molecule has 1 aromatic heterocycles. The number of amides is 2. The highest BCUT2D eigenvalue weighted by Crippen LogP contribution is 2.32. The summed E-state index contributed by atoms with van der Waals surface area (Å²) in [5.74, 6) is 1.90. The fourth-order valence-corrected chi connectivity index (χ4v) is 4.38. The summed E-state index contributed by atoms with van der Waals surface area (Å²) in [5, 5.41) is 0. The number of carbonyl (C=O) groups is 2. The van der Waals surface area contributed by atoms with E-state index in [1.165, 1.54) is 11.1 Å². The minimum atomic E-state index is 0.0946. The zero-order valence-electron chi connectivity index (χ0n) is 17.4. The molecule has 0 radical (unpaired) electrons. The van der Waals surface area contributed by atoms with Crippen LogP contribution in [0.3, 0.4) is 0 Å². The molecule has 3 heterocycles. The number of hydrogen-bond donors (Lipinski definition) is 0. The Bertz CT molecular complexity index is 956. The van der Waals surface area contributed by atoms with Gasteiger partial charge in [-0.25, -0.2) is 9.97 Å². The number of carbonyl (C=O) groups excluding carboxylic acids is 2. The first-order chi connectivity index (χ1) is 13.9. The summed E-state index contributed by atoms with van der Waals surface area (Å²) in [6.45, 7) is 7.72. The maximum absolute atomic E-state index is 12.7. The summed E-state index contributed by atoms with van der Waals surface area (Å²) in [4.78, 5) is 37.8. The van der Waals surface area contributed by atoms with Crippen molar-refractivity contribution in [2.45, 2.75) is 52.4 Å². The number of aryl methyl sites for hydroxylation is 2. The predicted molar refractivity (Wildman–Crippen MR) is 112 cm³/mol. The van der Waals surface area contributed by atoms with Crippen molar-refractivity contribution >= 4 is 17.6 Å². The average Bonchev–Trinajstić information content (AvgIpc) is 3.18. The van der Waals surface area contributed by atoms with Gasteiger partial charge in [-0.15, -0.1) is 0 Å². The molecule has 152 valence electrons. The monoisotopic (exact) mass is 392 g/mol. The van der Waals surface area contributed by atoms with Crippen molar-refractivity contribution in [1.29, 1.82) is 0 Å². The van der Waals surface area contributed by atoms with Crippen LogP contribution in [0, 0.1) is 13.8 Å². The van der Waals surface area contributed by atoms with Gasteiger partial charge in [0.2, 0.25) is 11.8 Å². The normalized spacial score (nSPS) is 18.9. The lowest BCUT2D eigenvalue weighted by Gasteiger charge is -2.30. The minimum absolute atomic E-state index is 0.0946. The first-order valence-electron chi connectivity index (χ1n) is 10.4. The lowest BCUT2D eigenvalue weighted by atomic mass is 10.0. The van der Waals surface area contributed by atoms with E-state index in [2.05, 4.69) is 31.2 Å². The summed E-state index contributed by atoms with van der Waals surface area (Å²) < 4.78 is 0. The predicted octanol–water partition coefficient (Wildman–Crippen LogP) is 2.95. The highest BCUT2D eigenvalue weighted by Gasteiger charge is 2.32. The van der Waals surface area contributed by atoms with E-state index in [9.17, 15) is 9.59 Å². The van der Waals surface area contributed by atoms with Crippen molar-refractivity contribution in [3.63, 3.8) is 0 Å². The molecule has 0 N–H and O–H groups in total. The third-order valence-corrected chi connectivity index (χ3v) is 6.06. The fourth-order valence-electron chi connectivity index (χ4n) is 4.38. The van der Waals surface area contributed by atoms with Crippen LogP contribution < -0.4 is 4.90 Å². The van der Waals surface area contributed by atoms with Crippen molar-refractivity contribution in [2.75, 3.05) is 24.5 Å². The average molecular weight is 393 g/mol.